The van der Waals surface area contributed by atoms with Crippen molar-refractivity contribution in [3.8, 4) is 28.3 Å². The van der Waals surface area contributed by atoms with Gasteiger partial charge in [-0.2, -0.15) is 5.10 Å². The fraction of sp³-hybridized carbons (Fsp3) is 0.200. The smallest absolute Gasteiger partial charge is 0.410 e. The van der Waals surface area contributed by atoms with Crippen molar-refractivity contribution in [3.05, 3.63) is 42.9 Å². The molecule has 0 aliphatic rings. The van der Waals surface area contributed by atoms with Gasteiger partial charge in [0.1, 0.15) is 17.4 Å². The molecule has 0 unspecified atom stereocenters. The average Bonchev–Trinajstić information content (AvgIpc) is 3.27. The van der Waals surface area contributed by atoms with E-state index in [-0.39, 0.29) is 6.04 Å². The quantitative estimate of drug-likeness (QED) is 0.491. The number of rotatable bonds is 4. The fourth-order valence-corrected chi connectivity index (χ4v) is 2.95. The van der Waals surface area contributed by atoms with Crippen molar-refractivity contribution < 1.29 is 9.53 Å². The average molecular weight is 391 g/mol. The normalized spacial score (nSPS) is 11.2. The van der Waals surface area contributed by atoms with E-state index in [4.69, 9.17) is 10.5 Å². The van der Waals surface area contributed by atoms with Gasteiger partial charge in [0.2, 0.25) is 0 Å². The Labute approximate surface area is 166 Å². The van der Waals surface area contributed by atoms with Crippen LogP contribution in [0.3, 0.4) is 0 Å². The van der Waals surface area contributed by atoms with Crippen LogP contribution in [0.15, 0.2) is 42.9 Å². The molecule has 0 bridgehead atoms. The van der Waals surface area contributed by atoms with Crippen molar-refractivity contribution in [3.63, 3.8) is 0 Å². The molecular weight excluding hydrogens is 370 g/mol. The molecule has 1 aromatic carbocycles. The number of carbonyl (C=O) groups is 1. The first-order valence-corrected chi connectivity index (χ1v) is 9.12. The summed E-state index contributed by atoms with van der Waals surface area (Å²) in [4.78, 5) is 23.9. The molecule has 4 N–H and O–H groups in total. The van der Waals surface area contributed by atoms with Crippen LogP contribution in [0.25, 0.3) is 33.5 Å². The van der Waals surface area contributed by atoms with Gasteiger partial charge in [0.25, 0.3) is 0 Å². The monoisotopic (exact) mass is 391 g/mol. The Hall–Kier alpha value is -3.88. The molecule has 0 fully saturated rings. The molecule has 3 heterocycles. The number of nitrogens with two attached hydrogens (primary N) is 1. The van der Waals surface area contributed by atoms with Crippen LogP contribution in [-0.2, 0) is 7.05 Å². The third-order valence-electron chi connectivity index (χ3n) is 4.28. The Morgan fingerprint density at radius 1 is 1.24 bits per heavy atom. The minimum Gasteiger partial charge on any atom is -0.410 e. The van der Waals surface area contributed by atoms with Gasteiger partial charge in [0.05, 0.1) is 22.8 Å². The van der Waals surface area contributed by atoms with E-state index in [9.17, 15) is 4.79 Å². The van der Waals surface area contributed by atoms with E-state index < -0.39 is 6.09 Å². The van der Waals surface area contributed by atoms with Crippen LogP contribution >= 0.6 is 0 Å². The zero-order valence-electron chi connectivity index (χ0n) is 16.3. The van der Waals surface area contributed by atoms with Crippen molar-refractivity contribution in [2.24, 2.45) is 7.05 Å². The number of aromatic amines is 1. The largest absolute Gasteiger partial charge is 0.412 e. The molecule has 0 radical (unpaired) electrons. The fourth-order valence-electron chi connectivity index (χ4n) is 2.95. The van der Waals surface area contributed by atoms with E-state index in [1.54, 1.807) is 35.3 Å². The molecule has 0 atom stereocenters. The molecule has 148 valence electrons. The molecule has 0 saturated carbocycles. The van der Waals surface area contributed by atoms with Gasteiger partial charge in [-0.3, -0.25) is 4.68 Å². The third-order valence-corrected chi connectivity index (χ3v) is 4.28. The number of fused-ring (bicyclic) bond motifs is 1. The van der Waals surface area contributed by atoms with Crippen molar-refractivity contribution in [2.75, 3.05) is 5.73 Å². The van der Waals surface area contributed by atoms with Crippen molar-refractivity contribution >= 4 is 22.9 Å². The maximum atomic E-state index is 11.8. The van der Waals surface area contributed by atoms with Gasteiger partial charge in [-0.05, 0) is 32.0 Å². The third kappa shape index (κ3) is 3.88. The number of nitrogens with zero attached hydrogens (tertiary/aromatic N) is 4. The lowest BCUT2D eigenvalue weighted by atomic mass is 10.1. The summed E-state index contributed by atoms with van der Waals surface area (Å²) >= 11 is 0. The summed E-state index contributed by atoms with van der Waals surface area (Å²) in [6.45, 7) is 3.73. The Balaban J connectivity index is 1.67. The highest BCUT2D eigenvalue weighted by Gasteiger charge is 2.13. The number of H-pyrrole nitrogens is 1. The predicted molar refractivity (Wildman–Crippen MR) is 110 cm³/mol. The molecule has 4 aromatic rings. The van der Waals surface area contributed by atoms with Crippen LogP contribution in [0.4, 0.5) is 10.6 Å². The Kier molecular flexibility index (Phi) is 4.63. The SMILES string of the molecule is CC(C)NC(=O)Oc1ccc2nc(-c3cc(-c4cnn(C)c4)cnc3N)[nH]c2c1. The van der Waals surface area contributed by atoms with Crippen LogP contribution < -0.4 is 15.8 Å². The minimum absolute atomic E-state index is 0.00689. The van der Waals surface area contributed by atoms with Gasteiger partial charge < -0.3 is 20.8 Å². The maximum absolute atomic E-state index is 11.8. The van der Waals surface area contributed by atoms with E-state index in [1.807, 2.05) is 33.2 Å². The summed E-state index contributed by atoms with van der Waals surface area (Å²) in [5, 5.41) is 6.87. The molecule has 3 aromatic heterocycles. The summed E-state index contributed by atoms with van der Waals surface area (Å²) in [6, 6.07) is 7.11. The second kappa shape index (κ2) is 7.27. The molecular formula is C20H21N7O2. The highest BCUT2D eigenvalue weighted by Crippen LogP contribution is 2.30. The van der Waals surface area contributed by atoms with Gasteiger partial charge in [0.15, 0.2) is 0 Å². The zero-order valence-corrected chi connectivity index (χ0v) is 16.3. The first kappa shape index (κ1) is 18.5. The first-order valence-electron chi connectivity index (χ1n) is 9.12. The molecule has 29 heavy (non-hydrogen) atoms. The van der Waals surface area contributed by atoms with Crippen LogP contribution in [-0.4, -0.2) is 36.9 Å². The van der Waals surface area contributed by atoms with Crippen molar-refractivity contribution in [1.29, 1.82) is 0 Å². The second-order valence-electron chi connectivity index (χ2n) is 7.01. The number of imidazole rings is 1. The van der Waals surface area contributed by atoms with Crippen LogP contribution in [0, 0.1) is 0 Å². The molecule has 4 rings (SSSR count). The predicted octanol–water partition coefficient (Wildman–Crippen LogP) is 3.10. The lowest BCUT2D eigenvalue weighted by Crippen LogP contribution is -2.32. The number of hydrogen-bond donors (Lipinski definition) is 3. The lowest BCUT2D eigenvalue weighted by molar-refractivity contribution is 0.198. The second-order valence-corrected chi connectivity index (χ2v) is 7.01. The lowest BCUT2D eigenvalue weighted by Gasteiger charge is -2.08. The summed E-state index contributed by atoms with van der Waals surface area (Å²) < 4.78 is 7.03. The summed E-state index contributed by atoms with van der Waals surface area (Å²) in [6.07, 6.45) is 4.87. The van der Waals surface area contributed by atoms with Crippen molar-refractivity contribution in [2.45, 2.75) is 19.9 Å². The minimum atomic E-state index is -0.503. The molecule has 0 aliphatic carbocycles. The molecule has 0 saturated heterocycles. The highest BCUT2D eigenvalue weighted by atomic mass is 16.6. The van der Waals surface area contributed by atoms with E-state index in [0.29, 0.717) is 23.0 Å². The molecule has 0 aliphatic heterocycles. The molecule has 0 spiro atoms. The first-order chi connectivity index (χ1) is 13.9. The number of hydrogen-bond acceptors (Lipinski definition) is 6. The number of aryl methyl sites for hydroxylation is 1. The van der Waals surface area contributed by atoms with E-state index in [0.717, 1.165) is 22.2 Å². The van der Waals surface area contributed by atoms with E-state index >= 15 is 0 Å². The number of ether oxygens (including phenoxy) is 1. The molecule has 9 nitrogen and oxygen atoms in total. The Morgan fingerprint density at radius 3 is 2.79 bits per heavy atom. The Morgan fingerprint density at radius 2 is 2.07 bits per heavy atom. The van der Waals surface area contributed by atoms with Gasteiger partial charge >= 0.3 is 6.09 Å². The zero-order chi connectivity index (χ0) is 20.5. The number of nitrogen functional groups attached to an aromatic ring is 1. The van der Waals surface area contributed by atoms with E-state index in [1.165, 1.54) is 0 Å². The van der Waals surface area contributed by atoms with Crippen LogP contribution in [0.5, 0.6) is 5.75 Å². The highest BCUT2D eigenvalue weighted by molar-refractivity contribution is 5.84. The summed E-state index contributed by atoms with van der Waals surface area (Å²) in [5.41, 5.74) is 10.1. The summed E-state index contributed by atoms with van der Waals surface area (Å²) in [5.74, 6) is 1.37. The van der Waals surface area contributed by atoms with E-state index in [2.05, 4.69) is 25.4 Å². The van der Waals surface area contributed by atoms with Gasteiger partial charge in [0, 0.05) is 42.7 Å². The maximum Gasteiger partial charge on any atom is 0.412 e. The number of carbonyl (C=O) groups excluding carboxylic acids is 1. The number of amides is 1. The number of benzene rings is 1. The van der Waals surface area contributed by atoms with Gasteiger partial charge in [-0.25, -0.2) is 14.8 Å². The topological polar surface area (TPSA) is 124 Å². The number of pyridine rings is 1. The summed E-state index contributed by atoms with van der Waals surface area (Å²) in [7, 11) is 1.86. The standard InChI is InChI=1S/C20H21N7O2/c1-11(2)24-20(28)29-14-4-5-16-17(7-14)26-19(25-16)15-6-12(8-22-18(15)21)13-9-23-27(3)10-13/h4-11H,1-3H3,(H2,21,22)(H,24,28)(H,25,26). The number of anilines is 1. The van der Waals surface area contributed by atoms with Gasteiger partial charge in [-0.1, -0.05) is 0 Å². The van der Waals surface area contributed by atoms with Crippen LogP contribution in [0.1, 0.15) is 13.8 Å². The van der Waals surface area contributed by atoms with Gasteiger partial charge in [-0.15, -0.1) is 0 Å². The number of aromatic nitrogens is 5. The molecule has 9 heteroatoms. The molecule has 1 amide bonds. The van der Waals surface area contributed by atoms with Crippen molar-refractivity contribution in [1.82, 2.24) is 30.0 Å². The van der Waals surface area contributed by atoms with Crippen LogP contribution in [0.2, 0.25) is 0 Å². The number of nitrogens with one attached hydrogen (secondary N) is 2. The Bertz CT molecular complexity index is 1190.